The lowest BCUT2D eigenvalue weighted by Gasteiger charge is -2.26. The molecule has 70 valence electrons. The Morgan fingerprint density at radius 1 is 1.33 bits per heavy atom. The minimum atomic E-state index is -0.947. The Hall–Kier alpha value is -0.110. The molecular formula is C10H18FN. The summed E-state index contributed by atoms with van der Waals surface area (Å²) in [6, 6.07) is 0. The third-order valence-corrected chi connectivity index (χ3v) is 3.62. The maximum Gasteiger partial charge on any atom is 0.108 e. The third kappa shape index (κ3) is 1.26. The van der Waals surface area contributed by atoms with E-state index in [0.29, 0.717) is 11.3 Å². The molecule has 1 atom stereocenters. The van der Waals surface area contributed by atoms with E-state index in [1.165, 1.54) is 12.8 Å². The van der Waals surface area contributed by atoms with E-state index in [1.807, 2.05) is 0 Å². The van der Waals surface area contributed by atoms with Crippen LogP contribution in [0.25, 0.3) is 0 Å². The number of rotatable bonds is 1. The zero-order valence-electron chi connectivity index (χ0n) is 7.99. The van der Waals surface area contributed by atoms with Gasteiger partial charge in [-0.2, -0.15) is 0 Å². The number of halogens is 1. The third-order valence-electron chi connectivity index (χ3n) is 3.62. The van der Waals surface area contributed by atoms with Gasteiger partial charge >= 0.3 is 0 Å². The van der Waals surface area contributed by atoms with Gasteiger partial charge in [-0.1, -0.05) is 0 Å². The van der Waals surface area contributed by atoms with Crippen molar-refractivity contribution < 1.29 is 4.39 Å². The second kappa shape index (κ2) is 2.44. The molecule has 2 heteroatoms. The van der Waals surface area contributed by atoms with Crippen molar-refractivity contribution >= 4 is 0 Å². The van der Waals surface area contributed by atoms with Gasteiger partial charge in [-0.05, 0) is 57.5 Å². The molecule has 1 spiro atoms. The number of hydrogen-bond acceptors (Lipinski definition) is 1. The van der Waals surface area contributed by atoms with Crippen LogP contribution >= 0.6 is 0 Å². The highest BCUT2D eigenvalue weighted by Gasteiger charge is 2.60. The quantitative estimate of drug-likeness (QED) is 0.637. The average Bonchev–Trinajstić information content (AvgIpc) is 2.65. The van der Waals surface area contributed by atoms with Gasteiger partial charge in [0.05, 0.1) is 0 Å². The van der Waals surface area contributed by atoms with Crippen LogP contribution in [0, 0.1) is 11.3 Å². The number of alkyl halides is 1. The zero-order chi connectivity index (χ0) is 8.82. The summed E-state index contributed by atoms with van der Waals surface area (Å²) >= 11 is 0. The fourth-order valence-corrected chi connectivity index (χ4v) is 2.80. The maximum atomic E-state index is 13.6. The molecule has 12 heavy (non-hydrogen) atoms. The molecule has 2 aliphatic rings. The standard InChI is InChI=1S/C10H18FN/c1-9(2,11)8-7-10(8)3-5-12-6-4-10/h8,12H,3-7H2,1-2H3. The summed E-state index contributed by atoms with van der Waals surface area (Å²) < 4.78 is 13.6. The first-order valence-corrected chi connectivity index (χ1v) is 4.94. The van der Waals surface area contributed by atoms with E-state index < -0.39 is 5.67 Å². The molecule has 0 aromatic heterocycles. The molecule has 1 aliphatic heterocycles. The lowest BCUT2D eigenvalue weighted by atomic mass is 9.87. The monoisotopic (exact) mass is 171 g/mol. The summed E-state index contributed by atoms with van der Waals surface area (Å²) in [6.45, 7) is 5.64. The molecule has 2 rings (SSSR count). The smallest absolute Gasteiger partial charge is 0.108 e. The molecule has 1 saturated heterocycles. The van der Waals surface area contributed by atoms with E-state index in [1.54, 1.807) is 13.8 Å². The SMILES string of the molecule is CC(C)(F)C1CC12CCNCC2. The van der Waals surface area contributed by atoms with Crippen molar-refractivity contribution in [1.29, 1.82) is 0 Å². The predicted molar refractivity (Wildman–Crippen MR) is 47.8 cm³/mol. The summed E-state index contributed by atoms with van der Waals surface area (Å²) in [6.07, 6.45) is 3.49. The van der Waals surface area contributed by atoms with Crippen LogP contribution in [0.4, 0.5) is 4.39 Å². The molecule has 1 aliphatic carbocycles. The van der Waals surface area contributed by atoms with Gasteiger partial charge in [0.25, 0.3) is 0 Å². The zero-order valence-corrected chi connectivity index (χ0v) is 7.99. The van der Waals surface area contributed by atoms with Crippen LogP contribution in [-0.2, 0) is 0 Å². The van der Waals surface area contributed by atoms with E-state index in [-0.39, 0.29) is 0 Å². The van der Waals surface area contributed by atoms with E-state index in [9.17, 15) is 4.39 Å². The highest BCUT2D eigenvalue weighted by Crippen LogP contribution is 2.63. The highest BCUT2D eigenvalue weighted by atomic mass is 19.1. The van der Waals surface area contributed by atoms with E-state index in [2.05, 4.69) is 5.32 Å². The molecule has 1 saturated carbocycles. The Bertz CT molecular complexity index is 177. The number of hydrogen-bond donors (Lipinski definition) is 1. The molecule has 0 aromatic rings. The molecule has 1 heterocycles. The molecule has 0 bridgehead atoms. The predicted octanol–water partition coefficient (Wildman–Crippen LogP) is 2.12. The molecule has 1 nitrogen and oxygen atoms in total. The van der Waals surface area contributed by atoms with E-state index in [4.69, 9.17) is 0 Å². The topological polar surface area (TPSA) is 12.0 Å². The second-order valence-corrected chi connectivity index (χ2v) is 4.93. The summed E-state index contributed by atoms with van der Waals surface area (Å²) in [5.74, 6) is 0.340. The van der Waals surface area contributed by atoms with Crippen LogP contribution in [0.5, 0.6) is 0 Å². The molecule has 1 N–H and O–H groups in total. The fourth-order valence-electron chi connectivity index (χ4n) is 2.80. The van der Waals surface area contributed by atoms with Crippen molar-refractivity contribution in [2.24, 2.45) is 11.3 Å². The molecule has 2 fully saturated rings. The van der Waals surface area contributed by atoms with Gasteiger partial charge in [0.15, 0.2) is 0 Å². The summed E-state index contributed by atoms with van der Waals surface area (Å²) in [5, 5.41) is 3.33. The highest BCUT2D eigenvalue weighted by molar-refractivity contribution is 5.10. The lowest BCUT2D eigenvalue weighted by Crippen LogP contribution is -2.32. The lowest BCUT2D eigenvalue weighted by molar-refractivity contribution is 0.142. The maximum absolute atomic E-state index is 13.6. The van der Waals surface area contributed by atoms with Crippen molar-refractivity contribution in [3.63, 3.8) is 0 Å². The van der Waals surface area contributed by atoms with Crippen LogP contribution in [0.1, 0.15) is 33.1 Å². The van der Waals surface area contributed by atoms with Crippen LogP contribution in [0.15, 0.2) is 0 Å². The van der Waals surface area contributed by atoms with Gasteiger partial charge in [0.1, 0.15) is 5.67 Å². The first-order chi connectivity index (χ1) is 5.55. The Labute approximate surface area is 73.7 Å². The van der Waals surface area contributed by atoms with Crippen LogP contribution in [0.3, 0.4) is 0 Å². The molecule has 1 unspecified atom stereocenters. The van der Waals surface area contributed by atoms with Crippen molar-refractivity contribution in [3.8, 4) is 0 Å². The van der Waals surface area contributed by atoms with Crippen LogP contribution in [-0.4, -0.2) is 18.8 Å². The van der Waals surface area contributed by atoms with Crippen LogP contribution in [0.2, 0.25) is 0 Å². The number of nitrogens with one attached hydrogen (secondary N) is 1. The molecule has 0 radical (unpaired) electrons. The van der Waals surface area contributed by atoms with Crippen molar-refractivity contribution in [3.05, 3.63) is 0 Å². The Balaban J connectivity index is 1.99. The van der Waals surface area contributed by atoms with Gasteiger partial charge in [-0.3, -0.25) is 0 Å². The van der Waals surface area contributed by atoms with Crippen molar-refractivity contribution in [1.82, 2.24) is 5.32 Å². The molecule has 0 amide bonds. The Kier molecular flexibility index (Phi) is 1.73. The molecule has 0 aromatic carbocycles. The van der Waals surface area contributed by atoms with E-state index >= 15 is 0 Å². The van der Waals surface area contributed by atoms with Crippen molar-refractivity contribution in [2.45, 2.75) is 38.8 Å². The normalized spacial score (nSPS) is 33.8. The van der Waals surface area contributed by atoms with Gasteiger partial charge < -0.3 is 5.32 Å². The summed E-state index contributed by atoms with van der Waals surface area (Å²) in [4.78, 5) is 0. The summed E-state index contributed by atoms with van der Waals surface area (Å²) in [5.41, 5.74) is -0.555. The minimum absolute atomic E-state index is 0.340. The Morgan fingerprint density at radius 3 is 2.33 bits per heavy atom. The van der Waals surface area contributed by atoms with E-state index in [0.717, 1.165) is 19.5 Å². The Morgan fingerprint density at radius 2 is 1.92 bits per heavy atom. The van der Waals surface area contributed by atoms with Gasteiger partial charge in [0.2, 0.25) is 0 Å². The first-order valence-electron chi connectivity index (χ1n) is 4.94. The van der Waals surface area contributed by atoms with Gasteiger partial charge in [-0.25, -0.2) is 4.39 Å². The average molecular weight is 171 g/mol. The largest absolute Gasteiger partial charge is 0.317 e. The van der Waals surface area contributed by atoms with Crippen LogP contribution < -0.4 is 5.32 Å². The summed E-state index contributed by atoms with van der Waals surface area (Å²) in [7, 11) is 0. The second-order valence-electron chi connectivity index (χ2n) is 4.93. The minimum Gasteiger partial charge on any atom is -0.317 e. The van der Waals surface area contributed by atoms with Gasteiger partial charge in [-0.15, -0.1) is 0 Å². The van der Waals surface area contributed by atoms with Gasteiger partial charge in [0, 0.05) is 0 Å². The van der Waals surface area contributed by atoms with Crippen molar-refractivity contribution in [2.75, 3.05) is 13.1 Å². The first kappa shape index (κ1) is 8.49. The fraction of sp³-hybridized carbons (Fsp3) is 1.00. The number of piperidine rings is 1. The molecular weight excluding hydrogens is 153 g/mol.